The average Bonchev–Trinajstić information content (AvgIpc) is 1.82. The Morgan fingerprint density at radius 1 is 1.38 bits per heavy atom. The molecule has 0 aromatic rings. The van der Waals surface area contributed by atoms with Crippen molar-refractivity contribution in [2.24, 2.45) is 0 Å². The Hall–Kier alpha value is -0.0000000000000000555. The van der Waals surface area contributed by atoms with Gasteiger partial charge in [-0.2, -0.15) is 0 Å². The second-order valence-electron chi connectivity index (χ2n) is 3.55. The number of hydrogen-bond donors (Lipinski definition) is 1. The molecule has 13 heavy (non-hydrogen) atoms. The van der Waals surface area contributed by atoms with Crippen LogP contribution in [0.5, 0.6) is 0 Å². The smallest absolute Gasteiger partial charge is 0.329 e. The Balaban J connectivity index is 3.70. The topological polar surface area (TPSA) is 55.8 Å². The molecule has 0 saturated carbocycles. The van der Waals surface area contributed by atoms with Crippen molar-refractivity contribution in [3.63, 3.8) is 0 Å². The molecule has 0 saturated heterocycles. The van der Waals surface area contributed by atoms with E-state index in [-0.39, 0.29) is 6.61 Å². The highest BCUT2D eigenvalue weighted by Crippen LogP contribution is 2.42. The Morgan fingerprint density at radius 2 is 1.92 bits per heavy atom. The van der Waals surface area contributed by atoms with E-state index in [1.165, 1.54) is 0 Å². The number of quaternary nitrogens is 1. The van der Waals surface area contributed by atoms with E-state index in [2.05, 4.69) is 9.05 Å². The molecule has 0 rings (SSSR count). The first-order valence-electron chi connectivity index (χ1n) is 3.75. The third-order valence-electron chi connectivity index (χ3n) is 1.23. The Bertz CT molecular complexity index is 194. The summed E-state index contributed by atoms with van der Waals surface area (Å²) in [6, 6.07) is 0. The molecule has 80 valence electrons. The minimum absolute atomic E-state index is 0.0529. The SMILES string of the molecule is C[N+](C)(C)CCOP(=O)(O)OCF. The van der Waals surface area contributed by atoms with Crippen LogP contribution in [-0.4, -0.2) is 50.5 Å². The van der Waals surface area contributed by atoms with Crippen LogP contribution in [0.1, 0.15) is 0 Å². The first kappa shape index (κ1) is 13.0. The summed E-state index contributed by atoms with van der Waals surface area (Å²) in [5.74, 6) is 0. The normalized spacial score (nSPS) is 17.0. The number of likely N-dealkylation sites (N-methyl/N-ethyl adjacent to an activating group) is 1. The van der Waals surface area contributed by atoms with Crippen molar-refractivity contribution >= 4 is 7.82 Å². The zero-order valence-electron chi connectivity index (χ0n) is 8.07. The van der Waals surface area contributed by atoms with Gasteiger partial charge in [-0.05, 0) is 0 Å². The molecule has 0 heterocycles. The fourth-order valence-corrected chi connectivity index (χ4v) is 1.04. The zero-order valence-corrected chi connectivity index (χ0v) is 8.96. The summed E-state index contributed by atoms with van der Waals surface area (Å²) in [6.07, 6.45) is 0. The summed E-state index contributed by atoms with van der Waals surface area (Å²) in [5, 5.41) is 0. The molecular weight excluding hydrogens is 200 g/mol. The zero-order chi connectivity index (χ0) is 10.5. The third kappa shape index (κ3) is 8.33. The van der Waals surface area contributed by atoms with Crippen LogP contribution in [0.3, 0.4) is 0 Å². The number of hydrogen-bond acceptors (Lipinski definition) is 3. The van der Waals surface area contributed by atoms with Gasteiger partial charge in [0.15, 0.2) is 6.86 Å². The summed E-state index contributed by atoms with van der Waals surface area (Å²) in [5.41, 5.74) is 0. The molecule has 0 fully saturated rings. The minimum Gasteiger partial charge on any atom is -0.329 e. The quantitative estimate of drug-likeness (QED) is 0.526. The first-order valence-corrected chi connectivity index (χ1v) is 5.25. The minimum atomic E-state index is -4.16. The number of nitrogens with zero attached hydrogens (tertiary/aromatic N) is 1. The molecule has 1 N–H and O–H groups in total. The summed E-state index contributed by atoms with van der Waals surface area (Å²) < 4.78 is 31.2. The first-order chi connectivity index (χ1) is 5.77. The largest absolute Gasteiger partial charge is 0.474 e. The molecule has 0 aliphatic rings. The second-order valence-corrected chi connectivity index (χ2v) is 5.01. The third-order valence-corrected chi connectivity index (χ3v) is 2.16. The summed E-state index contributed by atoms with van der Waals surface area (Å²) >= 11 is 0. The maximum Gasteiger partial charge on any atom is 0.474 e. The van der Waals surface area contributed by atoms with Gasteiger partial charge in [-0.1, -0.05) is 0 Å². The lowest BCUT2D eigenvalue weighted by molar-refractivity contribution is -0.870. The van der Waals surface area contributed by atoms with Gasteiger partial charge in [0.25, 0.3) is 0 Å². The van der Waals surface area contributed by atoms with Crippen LogP contribution in [-0.2, 0) is 13.6 Å². The number of rotatable bonds is 6. The van der Waals surface area contributed by atoms with E-state index >= 15 is 0 Å². The van der Waals surface area contributed by atoms with Gasteiger partial charge in [-0.3, -0.25) is 9.05 Å². The molecule has 0 aromatic carbocycles. The monoisotopic (exact) mass is 216 g/mol. The predicted molar refractivity (Wildman–Crippen MR) is 45.7 cm³/mol. The molecular formula is C6H16FNO4P+. The number of phosphoric acid groups is 1. The fourth-order valence-electron chi connectivity index (χ4n) is 0.529. The van der Waals surface area contributed by atoms with Crippen molar-refractivity contribution in [2.75, 3.05) is 41.2 Å². The standard InChI is InChI=1S/C6H15FNO4P/c1-8(2,3)4-5-11-13(9,10)12-6-7/h4-6H2,1-3H3/p+1. The number of halogens is 1. The van der Waals surface area contributed by atoms with E-state index in [1.54, 1.807) is 0 Å². The molecule has 0 bridgehead atoms. The maximum absolute atomic E-state index is 11.5. The Morgan fingerprint density at radius 3 is 2.31 bits per heavy atom. The molecule has 0 spiro atoms. The van der Waals surface area contributed by atoms with Gasteiger partial charge in [0.1, 0.15) is 13.2 Å². The highest BCUT2D eigenvalue weighted by atomic mass is 31.2. The van der Waals surface area contributed by atoms with Crippen molar-refractivity contribution in [3.8, 4) is 0 Å². The van der Waals surface area contributed by atoms with Crippen molar-refractivity contribution in [1.29, 1.82) is 0 Å². The fraction of sp³-hybridized carbons (Fsp3) is 1.00. The molecule has 0 aliphatic carbocycles. The lowest BCUT2D eigenvalue weighted by Gasteiger charge is -2.23. The van der Waals surface area contributed by atoms with Crippen molar-refractivity contribution < 1.29 is 27.4 Å². The van der Waals surface area contributed by atoms with Gasteiger partial charge in [-0.15, -0.1) is 0 Å². The predicted octanol–water partition coefficient (Wildman–Crippen LogP) is 0.753. The second kappa shape index (κ2) is 5.02. The van der Waals surface area contributed by atoms with Crippen molar-refractivity contribution in [2.45, 2.75) is 0 Å². The molecule has 0 radical (unpaired) electrons. The molecule has 1 atom stereocenters. The summed E-state index contributed by atoms with van der Waals surface area (Å²) in [4.78, 5) is 8.78. The van der Waals surface area contributed by atoms with Crippen LogP contribution in [0.25, 0.3) is 0 Å². The Labute approximate surface area is 77.3 Å². The molecule has 0 amide bonds. The molecule has 0 aliphatic heterocycles. The lowest BCUT2D eigenvalue weighted by atomic mass is 10.5. The average molecular weight is 216 g/mol. The van der Waals surface area contributed by atoms with Gasteiger partial charge in [0.05, 0.1) is 21.1 Å². The molecule has 5 nitrogen and oxygen atoms in total. The van der Waals surface area contributed by atoms with Gasteiger partial charge >= 0.3 is 7.82 Å². The van der Waals surface area contributed by atoms with Crippen molar-refractivity contribution in [1.82, 2.24) is 0 Å². The van der Waals surface area contributed by atoms with E-state index in [1.807, 2.05) is 21.1 Å². The van der Waals surface area contributed by atoms with Crippen LogP contribution < -0.4 is 0 Å². The number of phosphoric ester groups is 1. The van der Waals surface area contributed by atoms with Gasteiger partial charge in [0, 0.05) is 0 Å². The van der Waals surface area contributed by atoms with E-state index < -0.39 is 14.7 Å². The molecule has 7 heteroatoms. The molecule has 1 unspecified atom stereocenters. The highest BCUT2D eigenvalue weighted by molar-refractivity contribution is 7.47. The van der Waals surface area contributed by atoms with Crippen LogP contribution >= 0.6 is 7.82 Å². The van der Waals surface area contributed by atoms with Crippen LogP contribution in [0, 0.1) is 0 Å². The van der Waals surface area contributed by atoms with Gasteiger partial charge < -0.3 is 9.38 Å². The van der Waals surface area contributed by atoms with E-state index in [0.717, 1.165) is 0 Å². The van der Waals surface area contributed by atoms with Crippen LogP contribution in [0.15, 0.2) is 0 Å². The van der Waals surface area contributed by atoms with Gasteiger partial charge in [0.2, 0.25) is 0 Å². The highest BCUT2D eigenvalue weighted by Gasteiger charge is 2.21. The van der Waals surface area contributed by atoms with E-state index in [9.17, 15) is 8.96 Å². The summed E-state index contributed by atoms with van der Waals surface area (Å²) in [7, 11) is 1.55. The maximum atomic E-state index is 11.5. The van der Waals surface area contributed by atoms with Crippen molar-refractivity contribution in [3.05, 3.63) is 0 Å². The van der Waals surface area contributed by atoms with E-state index in [4.69, 9.17) is 4.89 Å². The van der Waals surface area contributed by atoms with Crippen LogP contribution in [0.2, 0.25) is 0 Å². The Kier molecular flexibility index (Phi) is 5.02. The summed E-state index contributed by atoms with van der Waals surface area (Å²) in [6.45, 7) is -0.727. The van der Waals surface area contributed by atoms with Gasteiger partial charge in [-0.25, -0.2) is 8.96 Å². The van der Waals surface area contributed by atoms with E-state index in [0.29, 0.717) is 11.0 Å². The van der Waals surface area contributed by atoms with Crippen LogP contribution in [0.4, 0.5) is 4.39 Å². The number of alkyl halides is 1. The molecule has 0 aromatic heterocycles. The lowest BCUT2D eigenvalue weighted by Crippen LogP contribution is -2.37.